The molecule has 2 rings (SSSR count). The number of aryl methyl sites for hydroxylation is 1. The zero-order valence-electron chi connectivity index (χ0n) is 9.24. The van der Waals surface area contributed by atoms with Crippen molar-refractivity contribution < 1.29 is 9.66 Å². The third kappa shape index (κ3) is 2.60. The maximum atomic E-state index is 10.5. The van der Waals surface area contributed by atoms with E-state index in [1.807, 2.05) is 30.3 Å². The monoisotopic (exact) mass is 233 g/mol. The molecule has 17 heavy (non-hydrogen) atoms. The molecule has 0 spiro atoms. The van der Waals surface area contributed by atoms with Crippen molar-refractivity contribution in [2.75, 3.05) is 0 Å². The Morgan fingerprint density at radius 3 is 2.71 bits per heavy atom. The highest BCUT2D eigenvalue weighted by Crippen LogP contribution is 2.13. The molecule has 2 aromatic rings. The highest BCUT2D eigenvalue weighted by molar-refractivity contribution is 5.21. The van der Waals surface area contributed by atoms with Crippen molar-refractivity contribution in [3.8, 4) is 5.75 Å². The molecule has 1 aromatic carbocycles. The molecule has 0 fully saturated rings. The Morgan fingerprint density at radius 1 is 1.41 bits per heavy atom. The number of hydrogen-bond acceptors (Lipinski definition) is 4. The number of imidazole rings is 1. The number of para-hydroxylation sites is 1. The Balaban J connectivity index is 2.07. The van der Waals surface area contributed by atoms with Crippen molar-refractivity contribution in [1.82, 2.24) is 9.55 Å². The molecule has 88 valence electrons. The number of rotatable bonds is 4. The van der Waals surface area contributed by atoms with Gasteiger partial charge in [-0.05, 0) is 22.0 Å². The van der Waals surface area contributed by atoms with Gasteiger partial charge in [-0.3, -0.25) is 4.57 Å². The van der Waals surface area contributed by atoms with Gasteiger partial charge in [0.1, 0.15) is 11.9 Å². The van der Waals surface area contributed by atoms with Gasteiger partial charge in [-0.1, -0.05) is 18.2 Å². The van der Waals surface area contributed by atoms with E-state index in [2.05, 4.69) is 4.98 Å². The molecule has 0 amide bonds. The average Bonchev–Trinajstić information content (AvgIpc) is 2.70. The summed E-state index contributed by atoms with van der Waals surface area (Å²) in [4.78, 5) is 13.8. The largest absolute Gasteiger partial charge is 0.473 e. The van der Waals surface area contributed by atoms with Crippen molar-refractivity contribution in [1.29, 1.82) is 0 Å². The minimum Gasteiger partial charge on any atom is -0.473 e. The molecule has 0 aliphatic rings. The lowest BCUT2D eigenvalue weighted by molar-refractivity contribution is -0.389. The van der Waals surface area contributed by atoms with Crippen LogP contribution in [0.4, 0.5) is 5.82 Å². The lowest BCUT2D eigenvalue weighted by Gasteiger charge is -2.05. The first kappa shape index (κ1) is 11.1. The third-order valence-electron chi connectivity index (χ3n) is 2.26. The van der Waals surface area contributed by atoms with Gasteiger partial charge in [-0.15, -0.1) is 0 Å². The highest BCUT2D eigenvalue weighted by Gasteiger charge is 2.14. The van der Waals surface area contributed by atoms with Crippen LogP contribution < -0.4 is 4.74 Å². The summed E-state index contributed by atoms with van der Waals surface area (Å²) in [5, 5.41) is 10.5. The maximum Gasteiger partial charge on any atom is 0.381 e. The molecule has 0 N–H and O–H groups in total. The van der Waals surface area contributed by atoms with Gasteiger partial charge in [-0.2, -0.15) is 0 Å². The van der Waals surface area contributed by atoms with E-state index in [9.17, 15) is 10.1 Å². The number of nitro groups is 1. The van der Waals surface area contributed by atoms with E-state index in [-0.39, 0.29) is 12.5 Å². The Hall–Kier alpha value is -2.37. The number of ether oxygens (including phenoxy) is 1. The summed E-state index contributed by atoms with van der Waals surface area (Å²) in [6, 6.07) is 9.25. The molecule has 0 aliphatic heterocycles. The van der Waals surface area contributed by atoms with Crippen LogP contribution in [-0.2, 0) is 6.73 Å². The van der Waals surface area contributed by atoms with Crippen LogP contribution in [0.5, 0.6) is 5.75 Å². The second kappa shape index (κ2) is 4.65. The topological polar surface area (TPSA) is 70.2 Å². The molecule has 1 aromatic heterocycles. The lowest BCUT2D eigenvalue weighted by Crippen LogP contribution is -2.05. The van der Waals surface area contributed by atoms with Gasteiger partial charge in [0, 0.05) is 6.92 Å². The summed E-state index contributed by atoms with van der Waals surface area (Å²) >= 11 is 0. The van der Waals surface area contributed by atoms with Gasteiger partial charge in [-0.25, -0.2) is 0 Å². The van der Waals surface area contributed by atoms with Gasteiger partial charge >= 0.3 is 5.82 Å². The Morgan fingerprint density at radius 2 is 2.12 bits per heavy atom. The second-order valence-electron chi connectivity index (χ2n) is 3.46. The number of nitrogens with zero attached hydrogens (tertiary/aromatic N) is 3. The van der Waals surface area contributed by atoms with E-state index in [4.69, 9.17) is 4.74 Å². The zero-order valence-corrected chi connectivity index (χ0v) is 9.24. The van der Waals surface area contributed by atoms with Crippen LogP contribution in [0.15, 0.2) is 36.5 Å². The summed E-state index contributed by atoms with van der Waals surface area (Å²) in [6.07, 6.45) is 1.36. The molecule has 0 saturated carbocycles. The molecular weight excluding hydrogens is 222 g/mol. The average molecular weight is 233 g/mol. The van der Waals surface area contributed by atoms with Crippen molar-refractivity contribution in [2.45, 2.75) is 13.7 Å². The SMILES string of the molecule is Cc1nc([N+](=O)[O-])cn1COc1ccccc1. The molecule has 6 heteroatoms. The van der Waals surface area contributed by atoms with Crippen LogP contribution in [0.3, 0.4) is 0 Å². The summed E-state index contributed by atoms with van der Waals surface area (Å²) in [5.74, 6) is 1.09. The quantitative estimate of drug-likeness (QED) is 0.599. The first-order chi connectivity index (χ1) is 8.16. The molecule has 0 atom stereocenters. The minimum absolute atomic E-state index is 0.167. The van der Waals surface area contributed by atoms with Crippen molar-refractivity contribution in [3.05, 3.63) is 52.5 Å². The fraction of sp³-hybridized carbons (Fsp3) is 0.182. The first-order valence-corrected chi connectivity index (χ1v) is 5.03. The minimum atomic E-state index is -0.522. The molecule has 0 saturated heterocycles. The van der Waals surface area contributed by atoms with Crippen LogP contribution >= 0.6 is 0 Å². The smallest absolute Gasteiger partial charge is 0.381 e. The second-order valence-corrected chi connectivity index (χ2v) is 3.46. The van der Waals surface area contributed by atoms with E-state index < -0.39 is 4.92 Å². The van der Waals surface area contributed by atoms with Crippen LogP contribution in [0.1, 0.15) is 5.82 Å². The van der Waals surface area contributed by atoms with E-state index in [1.54, 1.807) is 11.5 Å². The van der Waals surface area contributed by atoms with E-state index >= 15 is 0 Å². The van der Waals surface area contributed by atoms with Crippen LogP contribution in [-0.4, -0.2) is 14.5 Å². The van der Waals surface area contributed by atoms with Crippen LogP contribution in [0, 0.1) is 17.0 Å². The normalized spacial score (nSPS) is 10.2. The number of hydrogen-bond donors (Lipinski definition) is 0. The fourth-order valence-electron chi connectivity index (χ4n) is 1.37. The predicted molar refractivity (Wildman–Crippen MR) is 60.7 cm³/mol. The van der Waals surface area contributed by atoms with Crippen LogP contribution in [0.25, 0.3) is 0 Å². The third-order valence-corrected chi connectivity index (χ3v) is 2.26. The van der Waals surface area contributed by atoms with Crippen molar-refractivity contribution in [2.24, 2.45) is 0 Å². The standard InChI is InChI=1S/C11H11N3O3/c1-9-12-11(14(15)16)7-13(9)8-17-10-5-3-2-4-6-10/h2-7H,8H2,1H3. The summed E-state index contributed by atoms with van der Waals surface area (Å²) in [5.41, 5.74) is 0. The number of benzene rings is 1. The Labute approximate surface area is 97.6 Å². The molecular formula is C11H11N3O3. The number of aromatic nitrogens is 2. The summed E-state index contributed by atoms with van der Waals surface area (Å²) in [6.45, 7) is 1.90. The van der Waals surface area contributed by atoms with Crippen molar-refractivity contribution >= 4 is 5.82 Å². The fourth-order valence-corrected chi connectivity index (χ4v) is 1.37. The molecule has 0 unspecified atom stereocenters. The Kier molecular flexibility index (Phi) is 3.04. The summed E-state index contributed by atoms with van der Waals surface area (Å²) < 4.78 is 7.05. The molecule has 1 heterocycles. The molecule has 0 radical (unpaired) electrons. The van der Waals surface area contributed by atoms with E-state index in [1.165, 1.54) is 6.20 Å². The molecule has 0 aliphatic carbocycles. The van der Waals surface area contributed by atoms with Gasteiger partial charge in [0.25, 0.3) is 0 Å². The molecule has 0 bridgehead atoms. The van der Waals surface area contributed by atoms with Gasteiger partial charge in [0.15, 0.2) is 6.73 Å². The van der Waals surface area contributed by atoms with Gasteiger partial charge in [0.05, 0.1) is 0 Å². The zero-order chi connectivity index (χ0) is 12.3. The highest BCUT2D eigenvalue weighted by atomic mass is 16.6. The summed E-state index contributed by atoms with van der Waals surface area (Å²) in [7, 11) is 0. The van der Waals surface area contributed by atoms with Crippen molar-refractivity contribution in [3.63, 3.8) is 0 Å². The first-order valence-electron chi connectivity index (χ1n) is 5.03. The van der Waals surface area contributed by atoms with E-state index in [0.29, 0.717) is 11.6 Å². The maximum absolute atomic E-state index is 10.5. The van der Waals surface area contributed by atoms with Crippen LogP contribution in [0.2, 0.25) is 0 Å². The van der Waals surface area contributed by atoms with Gasteiger partial charge < -0.3 is 14.9 Å². The Bertz CT molecular complexity index is 522. The predicted octanol–water partition coefficient (Wildman–Crippen LogP) is 2.14. The molecule has 6 nitrogen and oxygen atoms in total. The lowest BCUT2D eigenvalue weighted by atomic mass is 10.3. The van der Waals surface area contributed by atoms with E-state index in [0.717, 1.165) is 0 Å². The van der Waals surface area contributed by atoms with Gasteiger partial charge in [0.2, 0.25) is 5.82 Å².